The number of amides is 1. The van der Waals surface area contributed by atoms with E-state index in [9.17, 15) is 4.79 Å². The number of H-pyrrole nitrogens is 1. The van der Waals surface area contributed by atoms with Crippen LogP contribution in [0.3, 0.4) is 0 Å². The molecule has 0 spiro atoms. The van der Waals surface area contributed by atoms with Crippen LogP contribution in [0.4, 0.5) is 0 Å². The van der Waals surface area contributed by atoms with Gasteiger partial charge in [-0.15, -0.1) is 0 Å². The van der Waals surface area contributed by atoms with Gasteiger partial charge >= 0.3 is 0 Å². The molecule has 3 N–H and O–H groups in total. The van der Waals surface area contributed by atoms with Gasteiger partial charge in [-0.25, -0.2) is 0 Å². The molecule has 0 aliphatic carbocycles. The van der Waals surface area contributed by atoms with E-state index in [1.165, 1.54) is 0 Å². The van der Waals surface area contributed by atoms with Crippen LogP contribution in [-0.4, -0.2) is 34.1 Å². The van der Waals surface area contributed by atoms with Crippen LogP contribution >= 0.6 is 0 Å². The van der Waals surface area contributed by atoms with Crippen molar-refractivity contribution in [3.05, 3.63) is 41.6 Å². The third-order valence-corrected chi connectivity index (χ3v) is 3.83. The summed E-state index contributed by atoms with van der Waals surface area (Å²) < 4.78 is 0. The Labute approximate surface area is 122 Å². The van der Waals surface area contributed by atoms with E-state index in [0.29, 0.717) is 12.1 Å². The van der Waals surface area contributed by atoms with Crippen molar-refractivity contribution in [3.8, 4) is 17.5 Å². The molecule has 1 aliphatic heterocycles. The summed E-state index contributed by atoms with van der Waals surface area (Å²) in [7, 11) is 0. The van der Waals surface area contributed by atoms with E-state index < -0.39 is 5.91 Å². The SMILES string of the molecule is N#CN1CCC(c2cc(-c3ccccc3C(N)=O)[nH]n2)C1. The number of carbonyl (C=O) groups excluding carboxylic acids is 1. The Morgan fingerprint density at radius 2 is 2.29 bits per heavy atom. The van der Waals surface area contributed by atoms with Crippen molar-refractivity contribution in [1.82, 2.24) is 15.1 Å². The molecule has 0 radical (unpaired) electrons. The number of primary amides is 1. The van der Waals surface area contributed by atoms with Gasteiger partial charge in [0.2, 0.25) is 5.91 Å². The zero-order chi connectivity index (χ0) is 14.8. The van der Waals surface area contributed by atoms with Gasteiger partial charge in [0.25, 0.3) is 0 Å². The zero-order valence-electron chi connectivity index (χ0n) is 11.4. The molecule has 2 aromatic rings. The molecule has 6 nitrogen and oxygen atoms in total. The van der Waals surface area contributed by atoms with Crippen LogP contribution in [0.5, 0.6) is 0 Å². The van der Waals surface area contributed by atoms with E-state index in [1.54, 1.807) is 17.0 Å². The lowest BCUT2D eigenvalue weighted by Gasteiger charge is -2.06. The molecule has 1 aliphatic rings. The highest BCUT2D eigenvalue weighted by Crippen LogP contribution is 2.29. The lowest BCUT2D eigenvalue weighted by molar-refractivity contribution is 0.100. The Morgan fingerprint density at radius 3 is 3.00 bits per heavy atom. The van der Waals surface area contributed by atoms with Gasteiger partial charge in [0, 0.05) is 30.1 Å². The van der Waals surface area contributed by atoms with E-state index in [-0.39, 0.29) is 5.92 Å². The molecule has 1 unspecified atom stereocenters. The van der Waals surface area contributed by atoms with Crippen LogP contribution in [0.1, 0.15) is 28.4 Å². The molecule has 21 heavy (non-hydrogen) atoms. The van der Waals surface area contributed by atoms with E-state index in [4.69, 9.17) is 11.0 Å². The number of aromatic nitrogens is 2. The van der Waals surface area contributed by atoms with Gasteiger partial charge in [0.05, 0.1) is 11.4 Å². The molecule has 3 rings (SSSR count). The maximum Gasteiger partial charge on any atom is 0.249 e. The highest BCUT2D eigenvalue weighted by Gasteiger charge is 2.25. The normalized spacial score (nSPS) is 17.7. The number of hydrogen-bond donors (Lipinski definition) is 2. The van der Waals surface area contributed by atoms with Crippen LogP contribution in [0.25, 0.3) is 11.3 Å². The van der Waals surface area contributed by atoms with Crippen LogP contribution in [-0.2, 0) is 0 Å². The van der Waals surface area contributed by atoms with Crippen molar-refractivity contribution in [3.63, 3.8) is 0 Å². The summed E-state index contributed by atoms with van der Waals surface area (Å²) in [6, 6.07) is 9.12. The number of benzene rings is 1. The van der Waals surface area contributed by atoms with Crippen LogP contribution in [0, 0.1) is 11.5 Å². The number of nitrogens with two attached hydrogens (primary N) is 1. The first kappa shape index (κ1) is 13.2. The Hall–Kier alpha value is -2.81. The van der Waals surface area contributed by atoms with Crippen molar-refractivity contribution >= 4 is 5.91 Å². The number of rotatable bonds is 3. The number of nitriles is 1. The van der Waals surface area contributed by atoms with Gasteiger partial charge in [-0.3, -0.25) is 9.89 Å². The minimum Gasteiger partial charge on any atom is -0.366 e. The third-order valence-electron chi connectivity index (χ3n) is 3.83. The first-order chi connectivity index (χ1) is 10.2. The van der Waals surface area contributed by atoms with E-state index in [0.717, 1.165) is 29.9 Å². The fraction of sp³-hybridized carbons (Fsp3) is 0.267. The van der Waals surface area contributed by atoms with E-state index in [1.807, 2.05) is 18.2 Å². The number of hydrogen-bond acceptors (Lipinski definition) is 4. The Morgan fingerprint density at radius 1 is 1.48 bits per heavy atom. The summed E-state index contributed by atoms with van der Waals surface area (Å²) in [5.41, 5.74) is 8.31. The summed E-state index contributed by atoms with van der Waals surface area (Å²) in [4.78, 5) is 13.2. The van der Waals surface area contributed by atoms with Crippen molar-refractivity contribution < 1.29 is 4.79 Å². The van der Waals surface area contributed by atoms with E-state index >= 15 is 0 Å². The maximum atomic E-state index is 11.5. The molecule has 0 bridgehead atoms. The maximum absolute atomic E-state index is 11.5. The summed E-state index contributed by atoms with van der Waals surface area (Å²) in [6.07, 6.45) is 3.07. The predicted octanol–water partition coefficient (Wildman–Crippen LogP) is 1.45. The van der Waals surface area contributed by atoms with Gasteiger partial charge in [-0.2, -0.15) is 10.4 Å². The quantitative estimate of drug-likeness (QED) is 0.832. The second-order valence-corrected chi connectivity index (χ2v) is 5.15. The average Bonchev–Trinajstić information content (AvgIpc) is 3.16. The zero-order valence-corrected chi connectivity index (χ0v) is 11.4. The molecule has 106 valence electrons. The second kappa shape index (κ2) is 5.29. The number of aromatic amines is 1. The predicted molar refractivity (Wildman–Crippen MR) is 77.1 cm³/mol. The van der Waals surface area contributed by atoms with Crippen molar-refractivity contribution in [2.24, 2.45) is 5.73 Å². The molecular formula is C15H15N5O. The molecule has 1 saturated heterocycles. The molecule has 1 fully saturated rings. The van der Waals surface area contributed by atoms with Gasteiger partial charge < -0.3 is 10.6 Å². The van der Waals surface area contributed by atoms with Crippen molar-refractivity contribution in [2.45, 2.75) is 12.3 Å². The minimum absolute atomic E-state index is 0.246. The highest BCUT2D eigenvalue weighted by molar-refractivity contribution is 5.99. The number of nitrogens with one attached hydrogen (secondary N) is 1. The summed E-state index contributed by atoms with van der Waals surface area (Å²) in [5.74, 6) is -0.214. The van der Waals surface area contributed by atoms with Gasteiger partial charge in [0.15, 0.2) is 6.19 Å². The van der Waals surface area contributed by atoms with Crippen LogP contribution in [0.2, 0.25) is 0 Å². The second-order valence-electron chi connectivity index (χ2n) is 5.15. The number of nitrogens with zero attached hydrogens (tertiary/aromatic N) is 3. The van der Waals surface area contributed by atoms with Crippen LogP contribution in [0.15, 0.2) is 30.3 Å². The van der Waals surface area contributed by atoms with Gasteiger partial charge in [-0.1, -0.05) is 18.2 Å². The monoisotopic (exact) mass is 281 g/mol. The molecule has 1 aromatic heterocycles. The van der Waals surface area contributed by atoms with Crippen molar-refractivity contribution in [1.29, 1.82) is 5.26 Å². The molecule has 1 aromatic carbocycles. The van der Waals surface area contributed by atoms with Gasteiger partial charge in [0.1, 0.15) is 0 Å². The van der Waals surface area contributed by atoms with Crippen LogP contribution < -0.4 is 5.73 Å². The lowest BCUT2D eigenvalue weighted by Crippen LogP contribution is -2.12. The Balaban J connectivity index is 1.90. The van der Waals surface area contributed by atoms with Gasteiger partial charge in [-0.05, 0) is 18.6 Å². The number of likely N-dealkylation sites (tertiary alicyclic amines) is 1. The average molecular weight is 281 g/mol. The lowest BCUT2D eigenvalue weighted by atomic mass is 10.0. The fourth-order valence-electron chi connectivity index (χ4n) is 2.71. The van der Waals surface area contributed by atoms with E-state index in [2.05, 4.69) is 16.4 Å². The number of carbonyl (C=O) groups is 1. The summed E-state index contributed by atoms with van der Waals surface area (Å²) in [5, 5.41) is 16.2. The third kappa shape index (κ3) is 2.46. The molecular weight excluding hydrogens is 266 g/mol. The highest BCUT2D eigenvalue weighted by atomic mass is 16.1. The summed E-state index contributed by atoms with van der Waals surface area (Å²) >= 11 is 0. The molecule has 1 amide bonds. The Kier molecular flexibility index (Phi) is 3.32. The largest absolute Gasteiger partial charge is 0.366 e. The fourth-order valence-corrected chi connectivity index (χ4v) is 2.71. The minimum atomic E-state index is -0.460. The first-order valence-corrected chi connectivity index (χ1v) is 6.78. The molecule has 0 saturated carbocycles. The molecule has 6 heteroatoms. The Bertz CT molecular complexity index is 715. The molecule has 2 heterocycles. The first-order valence-electron chi connectivity index (χ1n) is 6.78. The topological polar surface area (TPSA) is 98.8 Å². The van der Waals surface area contributed by atoms with Crippen molar-refractivity contribution in [2.75, 3.05) is 13.1 Å². The standard InChI is InChI=1S/C15H15N5O/c16-9-20-6-5-10(8-20)13-7-14(19-18-13)11-3-1-2-4-12(11)15(17)21/h1-4,7,10H,5-6,8H2,(H2,17,21)(H,18,19). The molecule has 1 atom stereocenters. The summed E-state index contributed by atoms with van der Waals surface area (Å²) in [6.45, 7) is 1.46. The smallest absolute Gasteiger partial charge is 0.249 e.